The van der Waals surface area contributed by atoms with Gasteiger partial charge in [-0.05, 0) is 30.7 Å². The summed E-state index contributed by atoms with van der Waals surface area (Å²) in [4.78, 5) is 31.6. The van der Waals surface area contributed by atoms with Gasteiger partial charge in [0.2, 0.25) is 11.8 Å². The third-order valence-corrected chi connectivity index (χ3v) is 7.95. The van der Waals surface area contributed by atoms with Crippen molar-refractivity contribution in [1.82, 2.24) is 19.9 Å². The fourth-order valence-corrected chi connectivity index (χ4v) is 5.71. The van der Waals surface area contributed by atoms with E-state index in [0.29, 0.717) is 37.7 Å². The molecule has 1 aliphatic rings. The van der Waals surface area contributed by atoms with E-state index in [1.54, 1.807) is 0 Å². The zero-order valence-electron chi connectivity index (χ0n) is 23.5. The molecule has 15 heteroatoms. The average molecular weight is 628 g/mol. The first-order chi connectivity index (χ1) is 21.0. The Kier molecular flexibility index (Phi) is 7.59. The molecule has 4 heterocycles. The quantitative estimate of drug-likeness (QED) is 0.242. The van der Waals surface area contributed by atoms with Crippen LogP contribution in [-0.4, -0.2) is 70.7 Å². The van der Waals surface area contributed by atoms with Crippen LogP contribution >= 0.6 is 11.3 Å². The van der Waals surface area contributed by atoms with Crippen LogP contribution in [0.1, 0.15) is 11.1 Å². The predicted molar refractivity (Wildman–Crippen MR) is 154 cm³/mol. The number of halogens is 3. The van der Waals surface area contributed by atoms with Gasteiger partial charge in [0.15, 0.2) is 18.2 Å². The number of aliphatic hydroxyl groups excluding tert-OH is 1. The third-order valence-electron chi connectivity index (χ3n) is 6.79. The maximum Gasteiger partial charge on any atom is 0.417 e. The van der Waals surface area contributed by atoms with Gasteiger partial charge in [0.25, 0.3) is 6.29 Å². The molecule has 0 aliphatic carbocycles. The summed E-state index contributed by atoms with van der Waals surface area (Å²) < 4.78 is 63.5. The highest BCUT2D eigenvalue weighted by atomic mass is 32.1. The Morgan fingerprint density at radius 2 is 1.98 bits per heavy atom. The van der Waals surface area contributed by atoms with E-state index in [2.05, 4.69) is 19.9 Å². The number of pyridine rings is 1. The van der Waals surface area contributed by atoms with Crippen LogP contribution in [0.5, 0.6) is 17.5 Å². The molecule has 1 aliphatic heterocycles. The van der Waals surface area contributed by atoms with Crippen LogP contribution in [0.15, 0.2) is 42.7 Å². The van der Waals surface area contributed by atoms with E-state index in [-0.39, 0.29) is 23.7 Å². The first kappa shape index (κ1) is 29.3. The van der Waals surface area contributed by atoms with Crippen LogP contribution in [0.4, 0.5) is 23.7 Å². The lowest BCUT2D eigenvalue weighted by molar-refractivity contribution is -0.0809. The van der Waals surface area contributed by atoms with Gasteiger partial charge in [-0.15, -0.1) is 11.3 Å². The second-order valence-electron chi connectivity index (χ2n) is 9.98. The van der Waals surface area contributed by atoms with Crippen LogP contribution in [0, 0.1) is 12.7 Å². The van der Waals surface area contributed by atoms with Crippen LogP contribution in [0.3, 0.4) is 0 Å². The number of anilines is 1. The standard InChI is InChI=1S/C29H24F3N5O6S/c1-14-6-16(24-19(7-14)35-22(40-3)11-34-24)27-36-20-9-18(30)25-17(26(20)44-27)8-23(42-25)43-28(39)37(2)15-4-5-21(33-10-15)41-13-29(31,32)12-38/h4-7,9-11,23,38H,8,12-13H2,1-3H3/t23-/m1/s1. The first-order valence-electron chi connectivity index (χ1n) is 13.2. The number of rotatable bonds is 8. The molecule has 3 aromatic heterocycles. The molecule has 6 rings (SSSR count). The number of hydrogen-bond acceptors (Lipinski definition) is 11. The van der Waals surface area contributed by atoms with Gasteiger partial charge in [0.1, 0.15) is 11.6 Å². The number of thiazole rings is 1. The van der Waals surface area contributed by atoms with E-state index in [1.807, 2.05) is 19.1 Å². The van der Waals surface area contributed by atoms with Crippen LogP contribution in [0.25, 0.3) is 31.8 Å². The fraction of sp³-hybridized carbons (Fsp3) is 0.276. The smallest absolute Gasteiger partial charge is 0.417 e. The monoisotopic (exact) mass is 627 g/mol. The third kappa shape index (κ3) is 5.63. The SMILES string of the molecule is COc1cnc2c(-c3nc4cc(F)c5c(c4s3)C[C@@H](OC(=O)N(C)c3ccc(OCC(F)(F)CO)nc3)O5)cc(C)cc2n1. The molecule has 0 fully saturated rings. The van der Waals surface area contributed by atoms with Crippen LogP contribution in [-0.2, 0) is 11.2 Å². The molecule has 1 N–H and O–H groups in total. The normalized spacial score (nSPS) is 14.4. The van der Waals surface area contributed by atoms with Gasteiger partial charge in [-0.25, -0.2) is 37.9 Å². The second-order valence-corrected chi connectivity index (χ2v) is 11.0. The van der Waals surface area contributed by atoms with Gasteiger partial charge in [0, 0.05) is 30.3 Å². The molecule has 228 valence electrons. The molecule has 0 saturated carbocycles. The Morgan fingerprint density at radius 3 is 2.70 bits per heavy atom. The molecule has 0 unspecified atom stereocenters. The molecule has 0 radical (unpaired) electrons. The number of aliphatic hydroxyl groups is 1. The number of amides is 1. The van der Waals surface area contributed by atoms with Crippen molar-refractivity contribution in [3.05, 3.63) is 59.7 Å². The number of nitrogens with zero attached hydrogens (tertiary/aromatic N) is 5. The summed E-state index contributed by atoms with van der Waals surface area (Å²) in [6.07, 6.45) is 0.913. The Hall–Kier alpha value is -4.76. The zero-order valence-corrected chi connectivity index (χ0v) is 24.3. The first-order valence-corrected chi connectivity index (χ1v) is 14.0. The Labute approximate surface area is 251 Å². The van der Waals surface area contributed by atoms with Gasteiger partial charge in [-0.3, -0.25) is 4.90 Å². The topological polar surface area (TPSA) is 129 Å². The van der Waals surface area contributed by atoms with Crippen molar-refractivity contribution in [2.24, 2.45) is 0 Å². The van der Waals surface area contributed by atoms with E-state index in [9.17, 15) is 13.6 Å². The zero-order chi connectivity index (χ0) is 31.2. The summed E-state index contributed by atoms with van der Waals surface area (Å²) in [5.74, 6) is -3.81. The number of fused-ring (bicyclic) bond motifs is 4. The maximum absolute atomic E-state index is 15.1. The van der Waals surface area contributed by atoms with Crippen LogP contribution < -0.4 is 19.1 Å². The van der Waals surface area contributed by atoms with Crippen molar-refractivity contribution in [2.45, 2.75) is 25.6 Å². The Balaban J connectivity index is 1.20. The van der Waals surface area contributed by atoms with Gasteiger partial charge in [-0.2, -0.15) is 0 Å². The molecule has 44 heavy (non-hydrogen) atoms. The summed E-state index contributed by atoms with van der Waals surface area (Å²) in [6.45, 7) is -0.484. The minimum absolute atomic E-state index is 0.0189. The molecule has 0 spiro atoms. The van der Waals surface area contributed by atoms with Crippen molar-refractivity contribution in [3.63, 3.8) is 0 Å². The van der Waals surface area contributed by atoms with Gasteiger partial charge >= 0.3 is 12.0 Å². The van der Waals surface area contributed by atoms with Crippen molar-refractivity contribution in [2.75, 3.05) is 32.3 Å². The predicted octanol–water partition coefficient (Wildman–Crippen LogP) is 5.30. The largest absolute Gasteiger partial charge is 0.480 e. The molecular formula is C29H24F3N5O6S. The lowest BCUT2D eigenvalue weighted by atomic mass is 10.1. The molecule has 11 nitrogen and oxygen atoms in total. The average Bonchev–Trinajstić information content (AvgIpc) is 3.64. The Morgan fingerprint density at radius 1 is 1.16 bits per heavy atom. The van der Waals surface area contributed by atoms with Crippen molar-refractivity contribution in [3.8, 4) is 28.1 Å². The van der Waals surface area contributed by atoms with E-state index in [4.69, 9.17) is 24.1 Å². The van der Waals surface area contributed by atoms with E-state index in [0.717, 1.165) is 16.0 Å². The summed E-state index contributed by atoms with van der Waals surface area (Å²) in [7, 11) is 2.93. The van der Waals surface area contributed by atoms with Gasteiger partial charge < -0.3 is 24.1 Å². The highest BCUT2D eigenvalue weighted by Gasteiger charge is 2.33. The molecule has 0 saturated heterocycles. The van der Waals surface area contributed by atoms with Crippen molar-refractivity contribution >= 4 is 44.4 Å². The number of aromatic nitrogens is 4. The number of benzene rings is 2. The molecule has 2 aromatic carbocycles. The van der Waals surface area contributed by atoms with Crippen LogP contribution in [0.2, 0.25) is 0 Å². The van der Waals surface area contributed by atoms with Gasteiger partial charge in [0.05, 0.1) is 52.9 Å². The van der Waals surface area contributed by atoms with Crippen molar-refractivity contribution < 1.29 is 42.0 Å². The number of hydrogen-bond donors (Lipinski definition) is 1. The van der Waals surface area contributed by atoms with Crippen molar-refractivity contribution in [1.29, 1.82) is 0 Å². The van der Waals surface area contributed by atoms with E-state index >= 15 is 4.39 Å². The molecular weight excluding hydrogens is 603 g/mol. The highest BCUT2D eigenvalue weighted by molar-refractivity contribution is 7.22. The lowest BCUT2D eigenvalue weighted by Gasteiger charge is -2.20. The minimum Gasteiger partial charge on any atom is -0.480 e. The molecule has 0 bridgehead atoms. The number of ether oxygens (including phenoxy) is 4. The van der Waals surface area contributed by atoms with E-state index < -0.39 is 37.3 Å². The number of methoxy groups -OCH3 is 1. The summed E-state index contributed by atoms with van der Waals surface area (Å²) in [6, 6.07) is 7.82. The second kappa shape index (κ2) is 11.4. The fourth-order valence-electron chi connectivity index (χ4n) is 4.60. The maximum atomic E-state index is 15.1. The lowest BCUT2D eigenvalue weighted by Crippen LogP contribution is -2.33. The molecule has 5 aromatic rings. The van der Waals surface area contributed by atoms with Gasteiger partial charge in [-0.1, -0.05) is 0 Å². The minimum atomic E-state index is -3.41. The number of aryl methyl sites for hydroxylation is 1. The summed E-state index contributed by atoms with van der Waals surface area (Å²) >= 11 is 1.34. The number of alkyl halides is 2. The molecule has 1 amide bonds. The summed E-state index contributed by atoms with van der Waals surface area (Å²) in [5.41, 5.74) is 4.16. The highest BCUT2D eigenvalue weighted by Crippen LogP contribution is 2.43. The number of carbonyl (C=O) groups is 1. The summed E-state index contributed by atoms with van der Waals surface area (Å²) in [5, 5.41) is 9.26. The van der Waals surface area contributed by atoms with E-state index in [1.165, 1.54) is 56.1 Å². The Bertz CT molecular complexity index is 1890. The molecule has 1 atom stereocenters. The number of carbonyl (C=O) groups excluding carboxylic acids is 1.